The minimum atomic E-state index is -1.06. The molecule has 1 fully saturated rings. The molecular formula is C15H17Cl2NO4. The summed E-state index contributed by atoms with van der Waals surface area (Å²) in [4.78, 5) is 25.7. The van der Waals surface area contributed by atoms with Crippen LogP contribution in [0.15, 0.2) is 18.2 Å². The molecule has 1 aromatic carbocycles. The minimum Gasteiger partial charge on any atom is -0.481 e. The topological polar surface area (TPSA) is 66.8 Å². The fourth-order valence-electron chi connectivity index (χ4n) is 2.80. The number of hydrogen-bond donors (Lipinski definition) is 1. The van der Waals surface area contributed by atoms with E-state index in [0.717, 1.165) is 0 Å². The van der Waals surface area contributed by atoms with E-state index in [9.17, 15) is 14.7 Å². The molecule has 0 bridgehead atoms. The van der Waals surface area contributed by atoms with Crippen molar-refractivity contribution in [2.75, 3.05) is 26.8 Å². The van der Waals surface area contributed by atoms with E-state index in [-0.39, 0.29) is 19.1 Å². The van der Waals surface area contributed by atoms with Crippen molar-refractivity contribution in [3.05, 3.63) is 33.8 Å². The number of ether oxygens (including phenoxy) is 1. The van der Waals surface area contributed by atoms with Crippen LogP contribution in [0.5, 0.6) is 0 Å². The van der Waals surface area contributed by atoms with Gasteiger partial charge in [0.2, 0.25) is 0 Å². The minimum absolute atomic E-state index is 0.0718. The van der Waals surface area contributed by atoms with Gasteiger partial charge in [-0.1, -0.05) is 23.2 Å². The van der Waals surface area contributed by atoms with E-state index in [1.807, 2.05) is 0 Å². The quantitative estimate of drug-likeness (QED) is 0.910. The Morgan fingerprint density at radius 2 is 1.95 bits per heavy atom. The maximum atomic E-state index is 12.6. The number of likely N-dealkylation sites (tertiary alicyclic amines) is 1. The van der Waals surface area contributed by atoms with Crippen LogP contribution in [0.3, 0.4) is 0 Å². The molecule has 7 heteroatoms. The third-order valence-corrected chi connectivity index (χ3v) is 4.28. The van der Waals surface area contributed by atoms with E-state index in [1.54, 1.807) is 6.07 Å². The summed E-state index contributed by atoms with van der Waals surface area (Å²) in [5.74, 6) is -1.22. The molecule has 1 N–H and O–H groups in total. The number of carboxylic acid groups (broad SMARTS) is 1. The van der Waals surface area contributed by atoms with Crippen molar-refractivity contribution < 1.29 is 19.4 Å². The highest BCUT2D eigenvalue weighted by molar-refractivity contribution is 6.35. The predicted molar refractivity (Wildman–Crippen MR) is 83.5 cm³/mol. The van der Waals surface area contributed by atoms with E-state index >= 15 is 0 Å². The van der Waals surface area contributed by atoms with Crippen molar-refractivity contribution >= 4 is 35.1 Å². The number of amides is 1. The number of hydrogen-bond acceptors (Lipinski definition) is 3. The van der Waals surface area contributed by atoms with E-state index < -0.39 is 11.4 Å². The average Bonchev–Trinajstić information content (AvgIpc) is 2.46. The van der Waals surface area contributed by atoms with E-state index in [0.29, 0.717) is 35.0 Å². The van der Waals surface area contributed by atoms with Gasteiger partial charge in [-0.25, -0.2) is 0 Å². The molecule has 1 heterocycles. The number of benzene rings is 1. The lowest BCUT2D eigenvalue weighted by atomic mass is 9.80. The van der Waals surface area contributed by atoms with Crippen LogP contribution >= 0.6 is 23.2 Å². The van der Waals surface area contributed by atoms with Crippen LogP contribution in [0.25, 0.3) is 0 Å². The second-order valence-electron chi connectivity index (χ2n) is 5.51. The Kier molecular flexibility index (Phi) is 5.32. The van der Waals surface area contributed by atoms with Crippen molar-refractivity contribution in [1.29, 1.82) is 0 Å². The van der Waals surface area contributed by atoms with Crippen LogP contribution in [0.1, 0.15) is 23.2 Å². The highest BCUT2D eigenvalue weighted by Crippen LogP contribution is 2.32. The molecule has 1 unspecified atom stereocenters. The van der Waals surface area contributed by atoms with Crippen molar-refractivity contribution in [2.24, 2.45) is 5.41 Å². The summed E-state index contributed by atoms with van der Waals surface area (Å²) >= 11 is 11.8. The zero-order valence-electron chi connectivity index (χ0n) is 12.1. The molecule has 0 saturated carbocycles. The van der Waals surface area contributed by atoms with Crippen molar-refractivity contribution in [3.8, 4) is 0 Å². The molecule has 1 amide bonds. The Morgan fingerprint density at radius 1 is 1.32 bits per heavy atom. The van der Waals surface area contributed by atoms with Crippen LogP contribution in [-0.2, 0) is 9.53 Å². The fraction of sp³-hybridized carbons (Fsp3) is 0.467. The van der Waals surface area contributed by atoms with Crippen molar-refractivity contribution in [1.82, 2.24) is 4.90 Å². The Bertz CT molecular complexity index is 569. The molecule has 0 aromatic heterocycles. The monoisotopic (exact) mass is 345 g/mol. The first-order valence-electron chi connectivity index (χ1n) is 6.86. The fourth-order valence-corrected chi connectivity index (χ4v) is 3.32. The zero-order chi connectivity index (χ0) is 16.3. The SMILES string of the molecule is COCC1(C(=O)O)CCCN(C(=O)c2cc(Cl)cc(Cl)c2)C1. The van der Waals surface area contributed by atoms with Gasteiger partial charge in [-0.15, -0.1) is 0 Å². The van der Waals surface area contributed by atoms with Gasteiger partial charge in [0.15, 0.2) is 0 Å². The van der Waals surface area contributed by atoms with Crippen LogP contribution in [0.2, 0.25) is 10.0 Å². The molecule has 1 aliphatic rings. The summed E-state index contributed by atoms with van der Waals surface area (Å²) in [6.07, 6.45) is 1.09. The number of carbonyl (C=O) groups excluding carboxylic acids is 1. The molecule has 1 aromatic rings. The number of rotatable bonds is 4. The molecular weight excluding hydrogens is 329 g/mol. The van der Waals surface area contributed by atoms with Crippen LogP contribution in [0, 0.1) is 5.41 Å². The number of carbonyl (C=O) groups is 2. The number of piperidine rings is 1. The van der Waals surface area contributed by atoms with Gasteiger partial charge in [0.25, 0.3) is 5.91 Å². The van der Waals surface area contributed by atoms with Gasteiger partial charge in [0, 0.05) is 35.8 Å². The average molecular weight is 346 g/mol. The molecule has 5 nitrogen and oxygen atoms in total. The van der Waals surface area contributed by atoms with Crippen LogP contribution in [0.4, 0.5) is 0 Å². The van der Waals surface area contributed by atoms with Crippen molar-refractivity contribution in [3.63, 3.8) is 0 Å². The van der Waals surface area contributed by atoms with Gasteiger partial charge in [0.1, 0.15) is 5.41 Å². The second kappa shape index (κ2) is 6.86. The van der Waals surface area contributed by atoms with E-state index in [4.69, 9.17) is 27.9 Å². The summed E-state index contributed by atoms with van der Waals surface area (Å²) in [5.41, 5.74) is -0.707. The maximum Gasteiger partial charge on any atom is 0.313 e. The van der Waals surface area contributed by atoms with Gasteiger partial charge in [-0.05, 0) is 31.0 Å². The van der Waals surface area contributed by atoms with E-state index in [1.165, 1.54) is 24.1 Å². The van der Waals surface area contributed by atoms with Crippen LogP contribution < -0.4 is 0 Å². The smallest absolute Gasteiger partial charge is 0.313 e. The third kappa shape index (κ3) is 3.54. The molecule has 22 heavy (non-hydrogen) atoms. The lowest BCUT2D eigenvalue weighted by Gasteiger charge is -2.39. The summed E-state index contributed by atoms with van der Waals surface area (Å²) in [5, 5.41) is 10.3. The molecule has 0 radical (unpaired) electrons. The maximum absolute atomic E-state index is 12.6. The van der Waals surface area contributed by atoms with Crippen LogP contribution in [-0.4, -0.2) is 48.7 Å². The summed E-state index contributed by atoms with van der Waals surface area (Å²) in [6, 6.07) is 4.61. The van der Waals surface area contributed by atoms with Gasteiger partial charge in [-0.3, -0.25) is 9.59 Å². The van der Waals surface area contributed by atoms with E-state index in [2.05, 4.69) is 0 Å². The largest absolute Gasteiger partial charge is 0.481 e. The van der Waals surface area contributed by atoms with Crippen molar-refractivity contribution in [2.45, 2.75) is 12.8 Å². The Labute approximate surface area is 138 Å². The molecule has 1 atom stereocenters. The van der Waals surface area contributed by atoms with Gasteiger partial charge in [-0.2, -0.15) is 0 Å². The Balaban J connectivity index is 2.24. The first-order valence-corrected chi connectivity index (χ1v) is 7.61. The molecule has 1 saturated heterocycles. The summed E-state index contributed by atoms with van der Waals surface area (Å²) < 4.78 is 5.06. The normalized spacial score (nSPS) is 21.7. The second-order valence-corrected chi connectivity index (χ2v) is 6.38. The third-order valence-electron chi connectivity index (χ3n) is 3.85. The number of methoxy groups -OCH3 is 1. The summed E-state index contributed by atoms with van der Waals surface area (Å²) in [7, 11) is 1.46. The standard InChI is InChI=1S/C15H17Cl2NO4/c1-22-9-15(14(20)21)3-2-4-18(8-15)13(19)10-5-11(16)7-12(17)6-10/h5-7H,2-4,8-9H2,1H3,(H,20,21). The number of carboxylic acids is 1. The lowest BCUT2D eigenvalue weighted by Crippen LogP contribution is -2.52. The van der Waals surface area contributed by atoms with Gasteiger partial charge < -0.3 is 14.7 Å². The molecule has 1 aliphatic heterocycles. The Hall–Kier alpha value is -1.30. The summed E-state index contributed by atoms with van der Waals surface area (Å²) in [6.45, 7) is 0.684. The highest BCUT2D eigenvalue weighted by atomic mass is 35.5. The lowest BCUT2D eigenvalue weighted by molar-refractivity contribution is -0.155. The first kappa shape index (κ1) is 17.1. The van der Waals surface area contributed by atoms with Gasteiger partial charge in [0.05, 0.1) is 6.61 Å². The zero-order valence-corrected chi connectivity index (χ0v) is 13.7. The Morgan fingerprint density at radius 3 is 2.50 bits per heavy atom. The molecule has 0 aliphatic carbocycles. The first-order chi connectivity index (χ1) is 10.4. The highest BCUT2D eigenvalue weighted by Gasteiger charge is 2.44. The predicted octanol–water partition coefficient (Wildman–Crippen LogP) is 2.95. The number of aliphatic carboxylic acids is 1. The number of nitrogens with zero attached hydrogens (tertiary/aromatic N) is 1. The molecule has 0 spiro atoms. The molecule has 2 rings (SSSR count). The van der Waals surface area contributed by atoms with Gasteiger partial charge >= 0.3 is 5.97 Å². The molecule has 120 valence electrons. The number of halogens is 2.